The molecule has 1 amide bonds. The molecule has 0 unspecified atom stereocenters. The molecule has 2 aromatic carbocycles. The fourth-order valence-electron chi connectivity index (χ4n) is 3.33. The number of carbonyl (C=O) groups is 1. The molecule has 0 aliphatic carbocycles. The first-order valence-electron chi connectivity index (χ1n) is 9.35. The fourth-order valence-corrected chi connectivity index (χ4v) is 3.60. The molecule has 2 aromatic rings. The minimum atomic E-state index is -0.459. The fraction of sp³-hybridized carbons (Fsp3) is 0.348. The highest BCUT2D eigenvalue weighted by Crippen LogP contribution is 2.33. The number of amides is 1. The van der Waals surface area contributed by atoms with Crippen molar-refractivity contribution in [2.45, 2.75) is 39.2 Å². The minimum absolute atomic E-state index is 0.216. The summed E-state index contributed by atoms with van der Waals surface area (Å²) in [6.07, 6.45) is 1.51. The van der Waals surface area contributed by atoms with E-state index in [2.05, 4.69) is 64.5 Å². The molecular formula is C23H26BrNO2. The second-order valence-electron chi connectivity index (χ2n) is 7.82. The smallest absolute Gasteiger partial charge is 0.410 e. The number of halogens is 1. The minimum Gasteiger partial charge on any atom is -0.444 e. The van der Waals surface area contributed by atoms with Gasteiger partial charge in [-0.2, -0.15) is 0 Å². The second kappa shape index (κ2) is 8.30. The van der Waals surface area contributed by atoms with Crippen molar-refractivity contribution in [1.29, 1.82) is 0 Å². The summed E-state index contributed by atoms with van der Waals surface area (Å²) in [6, 6.07) is 19.0. The Kier molecular flexibility index (Phi) is 6.05. The summed E-state index contributed by atoms with van der Waals surface area (Å²) in [5.74, 6) is 0. The summed E-state index contributed by atoms with van der Waals surface area (Å²) in [5, 5.41) is 0. The van der Waals surface area contributed by atoms with Crippen molar-refractivity contribution in [3.8, 4) is 0 Å². The van der Waals surface area contributed by atoms with Gasteiger partial charge in [0.15, 0.2) is 0 Å². The summed E-state index contributed by atoms with van der Waals surface area (Å²) in [7, 11) is 0. The van der Waals surface area contributed by atoms with Crippen molar-refractivity contribution in [3.63, 3.8) is 0 Å². The first kappa shape index (κ1) is 19.7. The molecule has 0 saturated carbocycles. The van der Waals surface area contributed by atoms with Gasteiger partial charge in [-0.25, -0.2) is 4.79 Å². The highest BCUT2D eigenvalue weighted by atomic mass is 79.9. The number of hydrogen-bond acceptors (Lipinski definition) is 2. The van der Waals surface area contributed by atoms with E-state index in [0.717, 1.165) is 17.3 Å². The molecule has 1 heterocycles. The number of likely N-dealkylation sites (tertiary alicyclic amines) is 1. The van der Waals surface area contributed by atoms with Crippen molar-refractivity contribution < 1.29 is 9.53 Å². The van der Waals surface area contributed by atoms with Gasteiger partial charge in [-0.05, 0) is 62.4 Å². The first-order chi connectivity index (χ1) is 12.8. The van der Waals surface area contributed by atoms with E-state index < -0.39 is 5.60 Å². The van der Waals surface area contributed by atoms with E-state index in [4.69, 9.17) is 4.74 Å². The lowest BCUT2D eigenvalue weighted by Gasteiger charge is -2.32. The number of rotatable bonds is 2. The highest BCUT2D eigenvalue weighted by molar-refractivity contribution is 9.10. The number of carbonyl (C=O) groups excluding carboxylic acids is 1. The third kappa shape index (κ3) is 5.23. The maximum absolute atomic E-state index is 12.4. The van der Waals surface area contributed by atoms with E-state index in [1.54, 1.807) is 0 Å². The molecular weight excluding hydrogens is 402 g/mol. The molecule has 0 N–H and O–H groups in total. The van der Waals surface area contributed by atoms with Gasteiger partial charge >= 0.3 is 6.09 Å². The van der Waals surface area contributed by atoms with Crippen LogP contribution in [-0.4, -0.2) is 29.7 Å². The average Bonchev–Trinajstić information content (AvgIpc) is 2.64. The van der Waals surface area contributed by atoms with Gasteiger partial charge < -0.3 is 9.64 Å². The van der Waals surface area contributed by atoms with E-state index in [1.807, 2.05) is 31.7 Å². The predicted molar refractivity (Wildman–Crippen MR) is 114 cm³/mol. The van der Waals surface area contributed by atoms with Gasteiger partial charge in [0.2, 0.25) is 0 Å². The van der Waals surface area contributed by atoms with Crippen LogP contribution >= 0.6 is 15.9 Å². The second-order valence-corrected chi connectivity index (χ2v) is 8.73. The lowest BCUT2D eigenvalue weighted by atomic mass is 9.88. The van der Waals surface area contributed by atoms with Crippen LogP contribution in [0.25, 0.3) is 5.57 Å². The third-order valence-electron chi connectivity index (χ3n) is 4.57. The first-order valence-corrected chi connectivity index (χ1v) is 10.1. The molecule has 0 radical (unpaired) electrons. The van der Waals surface area contributed by atoms with Crippen LogP contribution in [0.5, 0.6) is 0 Å². The molecule has 142 valence electrons. The van der Waals surface area contributed by atoms with Gasteiger partial charge in [-0.15, -0.1) is 0 Å². The van der Waals surface area contributed by atoms with Crippen LogP contribution in [0.3, 0.4) is 0 Å². The van der Waals surface area contributed by atoms with Crippen LogP contribution in [0.1, 0.15) is 44.7 Å². The van der Waals surface area contributed by atoms with Crippen LogP contribution in [0.2, 0.25) is 0 Å². The monoisotopic (exact) mass is 427 g/mol. The lowest BCUT2D eigenvalue weighted by molar-refractivity contribution is 0.0236. The molecule has 1 aliphatic rings. The Labute approximate surface area is 170 Å². The van der Waals surface area contributed by atoms with E-state index >= 15 is 0 Å². The summed E-state index contributed by atoms with van der Waals surface area (Å²) in [6.45, 7) is 7.10. The molecule has 4 heteroatoms. The Bertz CT molecular complexity index is 810. The largest absolute Gasteiger partial charge is 0.444 e. The van der Waals surface area contributed by atoms with E-state index in [-0.39, 0.29) is 6.09 Å². The van der Waals surface area contributed by atoms with Gasteiger partial charge in [-0.1, -0.05) is 64.0 Å². The molecule has 1 fully saturated rings. The Morgan fingerprint density at radius 1 is 0.926 bits per heavy atom. The zero-order chi connectivity index (χ0) is 19.4. The van der Waals surface area contributed by atoms with Crippen LogP contribution in [0.4, 0.5) is 4.79 Å². The SMILES string of the molecule is CC(C)(C)OC(=O)N1CCC(=C(c2ccccc2)c2ccc(Br)cc2)CC1. The maximum Gasteiger partial charge on any atom is 0.410 e. The maximum atomic E-state index is 12.4. The van der Waals surface area contributed by atoms with E-state index in [9.17, 15) is 4.79 Å². The molecule has 0 atom stereocenters. The summed E-state index contributed by atoms with van der Waals surface area (Å²) in [4.78, 5) is 14.2. The topological polar surface area (TPSA) is 29.5 Å². The number of benzene rings is 2. The summed E-state index contributed by atoms with van der Waals surface area (Å²) < 4.78 is 6.59. The van der Waals surface area contributed by atoms with Crippen molar-refractivity contribution >= 4 is 27.6 Å². The standard InChI is InChI=1S/C23H26BrNO2/c1-23(2,3)27-22(26)25-15-13-19(14-16-25)21(17-7-5-4-6-8-17)18-9-11-20(24)12-10-18/h4-12H,13-16H2,1-3H3. The van der Waals surface area contributed by atoms with Crippen LogP contribution in [0, 0.1) is 0 Å². The Hall–Kier alpha value is -2.07. The summed E-state index contributed by atoms with van der Waals surface area (Å²) >= 11 is 3.52. The highest BCUT2D eigenvalue weighted by Gasteiger charge is 2.26. The van der Waals surface area contributed by atoms with Gasteiger partial charge in [0.1, 0.15) is 5.60 Å². The van der Waals surface area contributed by atoms with Crippen LogP contribution in [0.15, 0.2) is 64.6 Å². The number of hydrogen-bond donors (Lipinski definition) is 0. The molecule has 0 bridgehead atoms. The number of piperidine rings is 1. The Morgan fingerprint density at radius 2 is 1.48 bits per heavy atom. The van der Waals surface area contributed by atoms with Crippen LogP contribution in [-0.2, 0) is 4.74 Å². The van der Waals surface area contributed by atoms with Crippen molar-refractivity contribution in [3.05, 3.63) is 75.8 Å². The Balaban J connectivity index is 1.86. The molecule has 27 heavy (non-hydrogen) atoms. The molecule has 3 rings (SSSR count). The molecule has 3 nitrogen and oxygen atoms in total. The van der Waals surface area contributed by atoms with Crippen molar-refractivity contribution in [2.75, 3.05) is 13.1 Å². The predicted octanol–water partition coefficient (Wildman–Crippen LogP) is 6.28. The molecule has 0 spiro atoms. The van der Waals surface area contributed by atoms with E-state index in [0.29, 0.717) is 13.1 Å². The van der Waals surface area contributed by atoms with Crippen molar-refractivity contribution in [2.24, 2.45) is 0 Å². The third-order valence-corrected chi connectivity index (χ3v) is 5.10. The van der Waals surface area contributed by atoms with Gasteiger partial charge in [0.25, 0.3) is 0 Å². The van der Waals surface area contributed by atoms with Gasteiger partial charge in [-0.3, -0.25) is 0 Å². The zero-order valence-corrected chi connectivity index (χ0v) is 17.8. The lowest BCUT2D eigenvalue weighted by Crippen LogP contribution is -2.40. The Morgan fingerprint density at radius 3 is 2.04 bits per heavy atom. The van der Waals surface area contributed by atoms with Crippen molar-refractivity contribution in [1.82, 2.24) is 4.90 Å². The number of nitrogens with zero attached hydrogens (tertiary/aromatic N) is 1. The van der Waals surface area contributed by atoms with Crippen LogP contribution < -0.4 is 0 Å². The van der Waals surface area contributed by atoms with Gasteiger partial charge in [0.05, 0.1) is 0 Å². The normalized spacial score (nSPS) is 14.8. The zero-order valence-electron chi connectivity index (χ0n) is 16.2. The average molecular weight is 428 g/mol. The number of ether oxygens (including phenoxy) is 1. The molecule has 0 aromatic heterocycles. The van der Waals surface area contributed by atoms with E-state index in [1.165, 1.54) is 22.3 Å². The molecule has 1 saturated heterocycles. The molecule has 1 aliphatic heterocycles. The van der Waals surface area contributed by atoms with Gasteiger partial charge in [0, 0.05) is 17.6 Å². The quantitative estimate of drug-likeness (QED) is 0.563. The summed E-state index contributed by atoms with van der Waals surface area (Å²) in [5.41, 5.74) is 4.65.